The molecule has 0 atom stereocenters. The van der Waals surface area contributed by atoms with Crippen molar-refractivity contribution in [2.45, 2.75) is 6.92 Å². The number of fused-ring (bicyclic) bond motifs is 1. The van der Waals surface area contributed by atoms with Crippen LogP contribution in [0.15, 0.2) is 22.9 Å². The fourth-order valence-electron chi connectivity index (χ4n) is 3.46. The van der Waals surface area contributed by atoms with Crippen molar-refractivity contribution in [3.05, 3.63) is 34.8 Å². The minimum Gasteiger partial charge on any atom is -0.495 e. The molecular weight excluding hydrogens is 412 g/mol. The van der Waals surface area contributed by atoms with Gasteiger partial charge in [-0.05, 0) is 13.0 Å². The smallest absolute Gasteiger partial charge is 0.260 e. The Balaban J connectivity index is 1.75. The van der Waals surface area contributed by atoms with Gasteiger partial charge in [0.2, 0.25) is 5.71 Å². The van der Waals surface area contributed by atoms with Crippen molar-refractivity contribution in [3.8, 4) is 11.5 Å². The van der Waals surface area contributed by atoms with Crippen LogP contribution in [-0.4, -0.2) is 56.4 Å². The molecule has 158 valence electrons. The van der Waals surface area contributed by atoms with Crippen LogP contribution in [-0.2, 0) is 4.74 Å². The fourth-order valence-corrected chi connectivity index (χ4v) is 3.70. The van der Waals surface area contributed by atoms with Crippen molar-refractivity contribution in [3.63, 3.8) is 0 Å². The zero-order chi connectivity index (χ0) is 21.3. The molecule has 2 aromatic heterocycles. The molecule has 1 aliphatic heterocycles. The topological polar surface area (TPSA) is 99.0 Å². The molecule has 0 saturated carbocycles. The summed E-state index contributed by atoms with van der Waals surface area (Å²) in [5.41, 5.74) is 1.13. The van der Waals surface area contributed by atoms with Crippen LogP contribution >= 0.6 is 11.6 Å². The molecule has 1 aliphatic rings. The van der Waals surface area contributed by atoms with E-state index in [0.717, 1.165) is 0 Å². The predicted octanol–water partition coefficient (Wildman–Crippen LogP) is 3.29. The number of nitrogens with one attached hydrogen (secondary N) is 1. The quantitative estimate of drug-likeness (QED) is 0.655. The van der Waals surface area contributed by atoms with Crippen molar-refractivity contribution < 1.29 is 23.4 Å². The Morgan fingerprint density at radius 3 is 2.60 bits per heavy atom. The molecule has 0 aliphatic carbocycles. The monoisotopic (exact) mass is 432 g/mol. The minimum absolute atomic E-state index is 0.347. The molecule has 1 N–H and O–H groups in total. The van der Waals surface area contributed by atoms with Gasteiger partial charge in [0, 0.05) is 19.2 Å². The Labute approximate surface area is 177 Å². The molecule has 3 aromatic rings. The molecule has 0 bridgehead atoms. The van der Waals surface area contributed by atoms with Gasteiger partial charge < -0.3 is 28.8 Å². The highest BCUT2D eigenvalue weighted by Crippen LogP contribution is 2.37. The van der Waals surface area contributed by atoms with Gasteiger partial charge in [-0.2, -0.15) is 0 Å². The van der Waals surface area contributed by atoms with Gasteiger partial charge in [0.25, 0.3) is 5.91 Å². The Hall–Kier alpha value is -3.04. The van der Waals surface area contributed by atoms with E-state index in [4.69, 9.17) is 30.2 Å². The summed E-state index contributed by atoms with van der Waals surface area (Å²) in [6.07, 6.45) is 1.43. The summed E-state index contributed by atoms with van der Waals surface area (Å²) >= 11 is 6.23. The van der Waals surface area contributed by atoms with E-state index in [1.54, 1.807) is 19.1 Å². The Bertz CT molecular complexity index is 1090. The number of anilines is 2. The number of morpholine rings is 1. The van der Waals surface area contributed by atoms with Crippen molar-refractivity contribution in [2.24, 2.45) is 0 Å². The first-order valence-electron chi connectivity index (χ1n) is 9.33. The second-order valence-electron chi connectivity index (χ2n) is 6.65. The highest BCUT2D eigenvalue weighted by Gasteiger charge is 2.26. The van der Waals surface area contributed by atoms with Crippen LogP contribution in [0.1, 0.15) is 16.1 Å². The van der Waals surface area contributed by atoms with Crippen LogP contribution in [0.4, 0.5) is 11.5 Å². The van der Waals surface area contributed by atoms with Gasteiger partial charge in [-0.15, -0.1) is 0 Å². The second kappa shape index (κ2) is 8.37. The average molecular weight is 433 g/mol. The lowest BCUT2D eigenvalue weighted by molar-refractivity contribution is 0.102. The van der Waals surface area contributed by atoms with Gasteiger partial charge in [-0.3, -0.25) is 4.79 Å². The molecule has 4 rings (SSSR count). The number of carbonyl (C=O) groups excluding carboxylic acids is 1. The third-order valence-corrected chi connectivity index (χ3v) is 5.20. The first kappa shape index (κ1) is 20.2. The van der Waals surface area contributed by atoms with E-state index in [9.17, 15) is 4.79 Å². The molecule has 1 fully saturated rings. The number of aromatic nitrogens is 2. The van der Waals surface area contributed by atoms with Gasteiger partial charge in [-0.1, -0.05) is 11.6 Å². The number of methoxy groups -OCH3 is 2. The number of hydrogen-bond donors (Lipinski definition) is 1. The SMILES string of the molecule is COc1cc(OC)c(NC(=O)c2c(C)oc3ncnc(N4CCOCC4)c23)cc1Cl. The summed E-state index contributed by atoms with van der Waals surface area (Å²) in [5, 5.41) is 3.77. The highest BCUT2D eigenvalue weighted by molar-refractivity contribution is 6.32. The van der Waals surface area contributed by atoms with Crippen molar-refractivity contribution >= 4 is 40.1 Å². The minimum atomic E-state index is -0.380. The number of carbonyl (C=O) groups is 1. The number of furan rings is 1. The van der Waals surface area contributed by atoms with E-state index in [1.807, 2.05) is 0 Å². The number of rotatable bonds is 5. The number of hydrogen-bond acceptors (Lipinski definition) is 8. The van der Waals surface area contributed by atoms with Crippen LogP contribution in [0.3, 0.4) is 0 Å². The third-order valence-electron chi connectivity index (χ3n) is 4.90. The first-order valence-corrected chi connectivity index (χ1v) is 9.71. The van der Waals surface area contributed by atoms with Gasteiger partial charge in [0.15, 0.2) is 0 Å². The highest BCUT2D eigenvalue weighted by atomic mass is 35.5. The maximum Gasteiger partial charge on any atom is 0.260 e. The number of amides is 1. The molecule has 10 heteroatoms. The summed E-state index contributed by atoms with van der Waals surface area (Å²) < 4.78 is 21.8. The zero-order valence-electron chi connectivity index (χ0n) is 16.8. The number of benzene rings is 1. The lowest BCUT2D eigenvalue weighted by Gasteiger charge is -2.28. The van der Waals surface area contributed by atoms with E-state index in [0.29, 0.717) is 76.8 Å². The normalized spacial score (nSPS) is 14.1. The Morgan fingerprint density at radius 1 is 1.17 bits per heavy atom. The Kier molecular flexibility index (Phi) is 5.65. The van der Waals surface area contributed by atoms with Crippen LogP contribution in [0.5, 0.6) is 11.5 Å². The first-order chi connectivity index (χ1) is 14.5. The van der Waals surface area contributed by atoms with Crippen LogP contribution in [0.2, 0.25) is 5.02 Å². The van der Waals surface area contributed by atoms with Crippen molar-refractivity contribution in [1.82, 2.24) is 9.97 Å². The summed E-state index contributed by atoms with van der Waals surface area (Å²) in [7, 11) is 3.01. The van der Waals surface area contributed by atoms with E-state index >= 15 is 0 Å². The molecule has 0 unspecified atom stereocenters. The van der Waals surface area contributed by atoms with Crippen LogP contribution in [0, 0.1) is 6.92 Å². The molecule has 3 heterocycles. The van der Waals surface area contributed by atoms with E-state index in [-0.39, 0.29) is 5.91 Å². The lowest BCUT2D eigenvalue weighted by Crippen LogP contribution is -2.37. The number of halogens is 1. The maximum absolute atomic E-state index is 13.3. The van der Waals surface area contributed by atoms with Gasteiger partial charge in [-0.25, -0.2) is 9.97 Å². The van der Waals surface area contributed by atoms with E-state index in [1.165, 1.54) is 20.5 Å². The summed E-state index contributed by atoms with van der Waals surface area (Å²) in [6, 6.07) is 3.19. The average Bonchev–Trinajstić information content (AvgIpc) is 3.10. The molecule has 1 saturated heterocycles. The molecule has 30 heavy (non-hydrogen) atoms. The summed E-state index contributed by atoms with van der Waals surface area (Å²) in [6.45, 7) is 4.23. The standard InChI is InChI=1S/C20H21ClN4O5/c1-11-16(19(26)24-13-8-12(21)14(27-2)9-15(13)28-3)17-18(22-10-23-20(17)30-11)25-4-6-29-7-5-25/h8-10H,4-7H2,1-3H3,(H,24,26). The van der Waals surface area contributed by atoms with Gasteiger partial charge in [0.1, 0.15) is 29.4 Å². The number of nitrogens with zero attached hydrogens (tertiary/aromatic N) is 3. The second-order valence-corrected chi connectivity index (χ2v) is 7.06. The number of aryl methyl sites for hydroxylation is 1. The van der Waals surface area contributed by atoms with Gasteiger partial charge in [0.05, 0.1) is 49.1 Å². The van der Waals surface area contributed by atoms with Crippen molar-refractivity contribution in [1.29, 1.82) is 0 Å². The lowest BCUT2D eigenvalue weighted by atomic mass is 10.1. The zero-order valence-corrected chi connectivity index (χ0v) is 17.6. The fraction of sp³-hybridized carbons (Fsp3) is 0.350. The van der Waals surface area contributed by atoms with E-state index in [2.05, 4.69) is 20.2 Å². The molecule has 1 amide bonds. The molecule has 0 spiro atoms. The van der Waals surface area contributed by atoms with Gasteiger partial charge >= 0.3 is 0 Å². The largest absolute Gasteiger partial charge is 0.495 e. The van der Waals surface area contributed by atoms with Crippen molar-refractivity contribution in [2.75, 3.05) is 50.7 Å². The molecule has 9 nitrogen and oxygen atoms in total. The molecule has 1 aromatic carbocycles. The van der Waals surface area contributed by atoms with Crippen LogP contribution < -0.4 is 19.7 Å². The Morgan fingerprint density at radius 2 is 1.90 bits per heavy atom. The number of ether oxygens (including phenoxy) is 3. The molecular formula is C20H21ClN4O5. The molecule has 0 radical (unpaired) electrons. The predicted molar refractivity (Wildman–Crippen MR) is 112 cm³/mol. The van der Waals surface area contributed by atoms with E-state index < -0.39 is 0 Å². The maximum atomic E-state index is 13.3. The van der Waals surface area contributed by atoms with Crippen LogP contribution in [0.25, 0.3) is 11.1 Å². The summed E-state index contributed by atoms with van der Waals surface area (Å²) in [5.74, 6) is 1.57. The third kappa shape index (κ3) is 3.61. The summed E-state index contributed by atoms with van der Waals surface area (Å²) in [4.78, 5) is 24.0.